The number of nitrogens with one attached hydrogen (secondary N) is 2. The van der Waals surface area contributed by atoms with Gasteiger partial charge in [-0.3, -0.25) is 9.59 Å². The molecule has 20 heavy (non-hydrogen) atoms. The fraction of sp³-hybridized carbons (Fsp3) is 0.769. The molecule has 0 aromatic heterocycles. The third-order valence-electron chi connectivity index (χ3n) is 3.54. The van der Waals surface area contributed by atoms with Gasteiger partial charge in [-0.15, -0.1) is 11.8 Å². The molecule has 0 aliphatic heterocycles. The summed E-state index contributed by atoms with van der Waals surface area (Å²) in [7, 11) is 0. The summed E-state index contributed by atoms with van der Waals surface area (Å²) in [4.78, 5) is 32.8. The third-order valence-corrected chi connectivity index (χ3v) is 4.58. The van der Waals surface area contributed by atoms with Gasteiger partial charge in [0.25, 0.3) is 0 Å². The Morgan fingerprint density at radius 3 is 2.70 bits per heavy atom. The van der Waals surface area contributed by atoms with E-state index in [1.165, 1.54) is 18.2 Å². The van der Waals surface area contributed by atoms with Crippen LogP contribution < -0.4 is 10.6 Å². The van der Waals surface area contributed by atoms with Crippen molar-refractivity contribution in [2.24, 2.45) is 5.92 Å². The van der Waals surface area contributed by atoms with Gasteiger partial charge in [0.15, 0.2) is 0 Å². The van der Waals surface area contributed by atoms with E-state index in [1.807, 2.05) is 0 Å². The van der Waals surface area contributed by atoms with Crippen LogP contribution in [-0.2, 0) is 14.4 Å². The first kappa shape index (κ1) is 16.8. The van der Waals surface area contributed by atoms with Gasteiger partial charge in [-0.2, -0.15) is 0 Å². The number of carboxylic acids is 1. The molecule has 1 aliphatic carbocycles. The number of hydrogen-bond donors (Lipinski definition) is 3. The number of aliphatic carboxylic acids is 1. The molecule has 114 valence electrons. The lowest BCUT2D eigenvalue weighted by molar-refractivity contribution is -0.139. The molecule has 0 aromatic rings. The van der Waals surface area contributed by atoms with E-state index in [4.69, 9.17) is 5.11 Å². The van der Waals surface area contributed by atoms with Crippen molar-refractivity contribution in [2.45, 2.75) is 44.7 Å². The van der Waals surface area contributed by atoms with Gasteiger partial charge in [0.05, 0.1) is 5.75 Å². The lowest BCUT2D eigenvalue weighted by Gasteiger charge is -2.29. The molecule has 0 radical (unpaired) electrons. The molecule has 2 amide bonds. The van der Waals surface area contributed by atoms with Crippen LogP contribution in [0.15, 0.2) is 0 Å². The number of rotatable bonds is 8. The molecule has 3 unspecified atom stereocenters. The maximum Gasteiger partial charge on any atom is 0.327 e. The number of carbonyl (C=O) groups excluding carboxylic acids is 2. The molecule has 0 saturated heterocycles. The topological polar surface area (TPSA) is 95.5 Å². The highest BCUT2D eigenvalue weighted by Gasteiger charge is 2.23. The fourth-order valence-corrected chi connectivity index (χ4v) is 3.18. The number of carbonyl (C=O) groups is 3. The van der Waals surface area contributed by atoms with Gasteiger partial charge < -0.3 is 15.7 Å². The normalized spacial score (nSPS) is 23.6. The second-order valence-electron chi connectivity index (χ2n) is 5.13. The van der Waals surface area contributed by atoms with Crippen LogP contribution >= 0.6 is 11.8 Å². The Kier molecular flexibility index (Phi) is 7.43. The van der Waals surface area contributed by atoms with E-state index < -0.39 is 12.0 Å². The van der Waals surface area contributed by atoms with Crippen LogP contribution in [0.25, 0.3) is 0 Å². The Morgan fingerprint density at radius 1 is 1.40 bits per heavy atom. The minimum absolute atomic E-state index is 0.0657. The average molecular weight is 302 g/mol. The molecule has 7 heteroatoms. The van der Waals surface area contributed by atoms with Gasteiger partial charge in [0, 0.05) is 11.8 Å². The van der Waals surface area contributed by atoms with Crippen molar-refractivity contribution in [3.05, 3.63) is 0 Å². The first-order valence-corrected chi connectivity index (χ1v) is 7.99. The Bertz CT molecular complexity index is 351. The van der Waals surface area contributed by atoms with E-state index in [0.717, 1.165) is 19.3 Å². The Hall–Kier alpha value is -1.24. The number of thioether (sulfide) groups is 1. The highest BCUT2D eigenvalue weighted by Crippen LogP contribution is 2.23. The molecule has 0 bridgehead atoms. The fourth-order valence-electron chi connectivity index (χ4n) is 2.32. The molecule has 0 heterocycles. The van der Waals surface area contributed by atoms with Gasteiger partial charge in [-0.1, -0.05) is 19.8 Å². The molecular formula is C13H22N2O4S. The van der Waals surface area contributed by atoms with E-state index in [1.54, 1.807) is 0 Å². The quantitative estimate of drug-likeness (QED) is 0.571. The molecule has 0 spiro atoms. The zero-order valence-electron chi connectivity index (χ0n) is 11.6. The Balaban J connectivity index is 2.25. The maximum absolute atomic E-state index is 11.8. The second kappa shape index (κ2) is 8.84. The summed E-state index contributed by atoms with van der Waals surface area (Å²) in [5, 5.41) is 14.0. The van der Waals surface area contributed by atoms with E-state index in [-0.39, 0.29) is 23.5 Å². The Morgan fingerprint density at radius 2 is 2.10 bits per heavy atom. The molecule has 1 rings (SSSR count). The van der Waals surface area contributed by atoms with E-state index in [9.17, 15) is 14.4 Å². The van der Waals surface area contributed by atoms with Crippen molar-refractivity contribution in [3.8, 4) is 0 Å². The zero-order chi connectivity index (χ0) is 15.0. The van der Waals surface area contributed by atoms with Crippen molar-refractivity contribution < 1.29 is 19.5 Å². The number of hydrogen-bond acceptors (Lipinski definition) is 4. The summed E-state index contributed by atoms with van der Waals surface area (Å²) in [6.45, 7) is 2.14. The second-order valence-corrected chi connectivity index (χ2v) is 6.16. The van der Waals surface area contributed by atoms with Crippen molar-refractivity contribution >= 4 is 30.0 Å². The highest BCUT2D eigenvalue weighted by molar-refractivity contribution is 8.00. The van der Waals surface area contributed by atoms with Crippen LogP contribution in [0.3, 0.4) is 0 Å². The van der Waals surface area contributed by atoms with E-state index >= 15 is 0 Å². The first-order chi connectivity index (χ1) is 9.54. The van der Waals surface area contributed by atoms with Crippen LogP contribution in [0.4, 0.5) is 0 Å². The van der Waals surface area contributed by atoms with Crippen LogP contribution in [0.5, 0.6) is 0 Å². The van der Waals surface area contributed by atoms with Crippen molar-refractivity contribution in [1.82, 2.24) is 10.6 Å². The van der Waals surface area contributed by atoms with Gasteiger partial charge in [-0.25, -0.2) is 4.79 Å². The summed E-state index contributed by atoms with van der Waals surface area (Å²) in [6.07, 6.45) is 4.89. The van der Waals surface area contributed by atoms with Crippen molar-refractivity contribution in [2.75, 3.05) is 11.5 Å². The highest BCUT2D eigenvalue weighted by atomic mass is 32.2. The SMILES string of the molecule is CC1CCCCC1NC(=O)CSCC(NC=O)C(=O)O. The molecule has 1 saturated carbocycles. The summed E-state index contributed by atoms with van der Waals surface area (Å²) in [5.74, 6) is -0.258. The molecular weight excluding hydrogens is 280 g/mol. The minimum atomic E-state index is -1.09. The van der Waals surface area contributed by atoms with Gasteiger partial charge >= 0.3 is 5.97 Å². The lowest BCUT2D eigenvalue weighted by atomic mass is 9.86. The Labute approximate surface area is 123 Å². The van der Waals surface area contributed by atoms with Crippen LogP contribution in [0.1, 0.15) is 32.6 Å². The van der Waals surface area contributed by atoms with Crippen LogP contribution in [-0.4, -0.2) is 47.0 Å². The van der Waals surface area contributed by atoms with Gasteiger partial charge in [0.1, 0.15) is 6.04 Å². The molecule has 3 N–H and O–H groups in total. The predicted molar refractivity (Wildman–Crippen MR) is 77.5 cm³/mol. The van der Waals surface area contributed by atoms with Crippen molar-refractivity contribution in [1.29, 1.82) is 0 Å². The summed E-state index contributed by atoms with van der Waals surface area (Å²) in [6, 6.07) is -0.709. The summed E-state index contributed by atoms with van der Waals surface area (Å²) in [5.41, 5.74) is 0. The number of amides is 2. The largest absolute Gasteiger partial charge is 0.480 e. The van der Waals surface area contributed by atoms with Gasteiger partial charge in [0.2, 0.25) is 12.3 Å². The molecule has 6 nitrogen and oxygen atoms in total. The number of carboxylic acid groups (broad SMARTS) is 1. The molecule has 0 aromatic carbocycles. The summed E-state index contributed by atoms with van der Waals surface area (Å²) >= 11 is 1.21. The molecule has 1 fully saturated rings. The first-order valence-electron chi connectivity index (χ1n) is 6.84. The lowest BCUT2D eigenvalue weighted by Crippen LogP contribution is -2.42. The van der Waals surface area contributed by atoms with Gasteiger partial charge in [-0.05, 0) is 18.8 Å². The smallest absolute Gasteiger partial charge is 0.327 e. The van der Waals surface area contributed by atoms with Crippen molar-refractivity contribution in [3.63, 3.8) is 0 Å². The summed E-state index contributed by atoms with van der Waals surface area (Å²) < 4.78 is 0. The standard InChI is InChI=1S/C13H22N2O4S/c1-9-4-2-3-5-10(9)15-12(17)7-20-6-11(13(18)19)14-8-16/h8-11H,2-7H2,1H3,(H,14,16)(H,15,17)(H,18,19). The van der Waals surface area contributed by atoms with Crippen LogP contribution in [0.2, 0.25) is 0 Å². The van der Waals surface area contributed by atoms with E-state index in [0.29, 0.717) is 12.3 Å². The maximum atomic E-state index is 11.8. The van der Waals surface area contributed by atoms with E-state index in [2.05, 4.69) is 17.6 Å². The predicted octanol–water partition coefficient (Wildman–Crippen LogP) is 0.614. The zero-order valence-corrected chi connectivity index (χ0v) is 12.4. The molecule has 1 aliphatic rings. The van der Waals surface area contributed by atoms with Crippen LogP contribution in [0, 0.1) is 5.92 Å². The molecule has 3 atom stereocenters. The third kappa shape index (κ3) is 5.81. The average Bonchev–Trinajstić information content (AvgIpc) is 2.40. The minimum Gasteiger partial charge on any atom is -0.480 e. The monoisotopic (exact) mass is 302 g/mol.